The first-order valence-corrected chi connectivity index (χ1v) is 8.74. The monoisotopic (exact) mass is 311 g/mol. The maximum atomic E-state index is 4.71. The van der Waals surface area contributed by atoms with E-state index in [9.17, 15) is 0 Å². The van der Waals surface area contributed by atoms with Crippen molar-refractivity contribution >= 4 is 23.1 Å². The average Bonchev–Trinajstić information content (AvgIpc) is 2.89. The van der Waals surface area contributed by atoms with E-state index < -0.39 is 0 Å². The molecule has 0 unspecified atom stereocenters. The SMILES string of the molecule is Cc1ccc(SCc2sc(-c3ccccc3)nc2C)cc1. The van der Waals surface area contributed by atoms with Crippen molar-refractivity contribution in [1.29, 1.82) is 0 Å². The van der Waals surface area contributed by atoms with Crippen molar-refractivity contribution in [2.45, 2.75) is 24.5 Å². The third kappa shape index (κ3) is 3.55. The van der Waals surface area contributed by atoms with Gasteiger partial charge in [-0.3, -0.25) is 0 Å². The fourth-order valence-electron chi connectivity index (χ4n) is 2.05. The zero-order valence-electron chi connectivity index (χ0n) is 12.2. The van der Waals surface area contributed by atoms with E-state index >= 15 is 0 Å². The molecule has 3 rings (SSSR count). The van der Waals surface area contributed by atoms with Crippen molar-refractivity contribution in [3.05, 3.63) is 70.7 Å². The van der Waals surface area contributed by atoms with Crippen LogP contribution >= 0.6 is 23.1 Å². The molecule has 0 fully saturated rings. The lowest BCUT2D eigenvalue weighted by atomic mass is 10.2. The van der Waals surface area contributed by atoms with E-state index in [-0.39, 0.29) is 0 Å². The molecule has 21 heavy (non-hydrogen) atoms. The minimum absolute atomic E-state index is 0.986. The average molecular weight is 311 g/mol. The number of thiazole rings is 1. The third-order valence-corrected chi connectivity index (χ3v) is 5.73. The fraction of sp³-hybridized carbons (Fsp3) is 0.167. The summed E-state index contributed by atoms with van der Waals surface area (Å²) in [5, 5.41) is 1.12. The van der Waals surface area contributed by atoms with Crippen molar-refractivity contribution < 1.29 is 0 Å². The first-order chi connectivity index (χ1) is 10.2. The zero-order chi connectivity index (χ0) is 14.7. The Kier molecular flexibility index (Phi) is 4.42. The molecule has 106 valence electrons. The first kappa shape index (κ1) is 14.4. The second-order valence-corrected chi connectivity index (χ2v) is 7.13. The lowest BCUT2D eigenvalue weighted by molar-refractivity contribution is 1.22. The molecule has 0 saturated heterocycles. The lowest BCUT2D eigenvalue weighted by Crippen LogP contribution is -1.81. The van der Waals surface area contributed by atoms with E-state index in [1.165, 1.54) is 20.9 Å². The molecule has 0 aliphatic rings. The Morgan fingerprint density at radius 3 is 2.38 bits per heavy atom. The predicted molar refractivity (Wildman–Crippen MR) is 93.0 cm³/mol. The topological polar surface area (TPSA) is 12.9 Å². The number of nitrogens with zero attached hydrogens (tertiary/aromatic N) is 1. The van der Waals surface area contributed by atoms with Crippen molar-refractivity contribution in [1.82, 2.24) is 4.98 Å². The van der Waals surface area contributed by atoms with E-state index in [0.717, 1.165) is 16.5 Å². The molecule has 2 aromatic carbocycles. The zero-order valence-corrected chi connectivity index (χ0v) is 13.8. The van der Waals surface area contributed by atoms with Crippen LogP contribution in [0.5, 0.6) is 0 Å². The second kappa shape index (κ2) is 6.46. The molecule has 3 heteroatoms. The summed E-state index contributed by atoms with van der Waals surface area (Å²) in [6.07, 6.45) is 0. The molecule has 0 radical (unpaired) electrons. The third-order valence-electron chi connectivity index (χ3n) is 3.30. The van der Waals surface area contributed by atoms with Crippen molar-refractivity contribution in [2.75, 3.05) is 0 Å². The van der Waals surface area contributed by atoms with Crippen LogP contribution in [0.2, 0.25) is 0 Å². The molecule has 1 heterocycles. The summed E-state index contributed by atoms with van der Waals surface area (Å²) < 4.78 is 0. The van der Waals surface area contributed by atoms with Crippen molar-refractivity contribution in [2.24, 2.45) is 0 Å². The Labute approximate surface area is 134 Å². The van der Waals surface area contributed by atoms with Crippen LogP contribution in [0.15, 0.2) is 59.5 Å². The minimum atomic E-state index is 0.986. The number of aryl methyl sites for hydroxylation is 2. The molecule has 3 aromatic rings. The summed E-state index contributed by atoms with van der Waals surface area (Å²) in [6, 6.07) is 19.1. The molecule has 0 aliphatic heterocycles. The normalized spacial score (nSPS) is 10.8. The number of rotatable bonds is 4. The van der Waals surface area contributed by atoms with Crippen molar-refractivity contribution in [3.63, 3.8) is 0 Å². The van der Waals surface area contributed by atoms with Gasteiger partial charge in [0, 0.05) is 21.1 Å². The molecule has 1 aromatic heterocycles. The summed E-state index contributed by atoms with van der Waals surface area (Å²) in [5.41, 5.74) is 3.66. The van der Waals surface area contributed by atoms with E-state index in [2.05, 4.69) is 62.4 Å². The summed E-state index contributed by atoms with van der Waals surface area (Å²) in [5.74, 6) is 0.986. The Morgan fingerprint density at radius 2 is 1.67 bits per heavy atom. The summed E-state index contributed by atoms with van der Waals surface area (Å²) >= 11 is 3.68. The van der Waals surface area contributed by atoms with Crippen molar-refractivity contribution in [3.8, 4) is 10.6 Å². The Morgan fingerprint density at radius 1 is 0.952 bits per heavy atom. The van der Waals surface area contributed by atoms with Gasteiger partial charge in [0.05, 0.1) is 5.69 Å². The highest BCUT2D eigenvalue weighted by molar-refractivity contribution is 7.98. The van der Waals surface area contributed by atoms with Gasteiger partial charge in [0.2, 0.25) is 0 Å². The molecule has 0 atom stereocenters. The summed E-state index contributed by atoms with van der Waals surface area (Å²) in [7, 11) is 0. The number of benzene rings is 2. The molecular formula is C18H17NS2. The molecule has 0 spiro atoms. The Balaban J connectivity index is 1.74. The number of thioether (sulfide) groups is 1. The highest BCUT2D eigenvalue weighted by Crippen LogP contribution is 2.32. The van der Waals surface area contributed by atoms with Gasteiger partial charge in [0.15, 0.2) is 0 Å². The highest BCUT2D eigenvalue weighted by Gasteiger charge is 2.09. The number of hydrogen-bond donors (Lipinski definition) is 0. The van der Waals surface area contributed by atoms with Crippen LogP contribution in [0.4, 0.5) is 0 Å². The largest absolute Gasteiger partial charge is 0.241 e. The molecule has 0 N–H and O–H groups in total. The van der Waals surface area contributed by atoms with E-state index in [1.807, 2.05) is 17.8 Å². The van der Waals surface area contributed by atoms with Gasteiger partial charge in [0.1, 0.15) is 5.01 Å². The van der Waals surface area contributed by atoms with Gasteiger partial charge in [-0.25, -0.2) is 4.98 Å². The molecule has 0 saturated carbocycles. The fourth-order valence-corrected chi connectivity index (χ4v) is 4.16. The molecular weight excluding hydrogens is 294 g/mol. The van der Waals surface area contributed by atoms with Gasteiger partial charge in [-0.2, -0.15) is 0 Å². The van der Waals surface area contributed by atoms with Crippen LogP contribution in [0, 0.1) is 13.8 Å². The number of aromatic nitrogens is 1. The van der Waals surface area contributed by atoms with Crippen LogP contribution in [-0.4, -0.2) is 4.98 Å². The number of hydrogen-bond acceptors (Lipinski definition) is 3. The van der Waals surface area contributed by atoms with Crippen LogP contribution in [0.1, 0.15) is 16.1 Å². The standard InChI is InChI=1S/C18H17NS2/c1-13-8-10-16(11-9-13)20-12-17-14(2)19-18(21-17)15-6-4-3-5-7-15/h3-11H,12H2,1-2H3. The van der Waals surface area contributed by atoms with Crippen LogP contribution < -0.4 is 0 Å². The van der Waals surface area contributed by atoms with E-state index in [0.29, 0.717) is 0 Å². The first-order valence-electron chi connectivity index (χ1n) is 6.93. The van der Waals surface area contributed by atoms with Gasteiger partial charge in [-0.1, -0.05) is 48.0 Å². The summed E-state index contributed by atoms with van der Waals surface area (Å²) in [6.45, 7) is 4.22. The minimum Gasteiger partial charge on any atom is -0.241 e. The van der Waals surface area contributed by atoms with Gasteiger partial charge >= 0.3 is 0 Å². The molecule has 0 amide bonds. The highest BCUT2D eigenvalue weighted by atomic mass is 32.2. The quantitative estimate of drug-likeness (QED) is 0.572. The Bertz CT molecular complexity index is 715. The van der Waals surface area contributed by atoms with Crippen LogP contribution in [0.25, 0.3) is 10.6 Å². The van der Waals surface area contributed by atoms with Gasteiger partial charge in [0.25, 0.3) is 0 Å². The van der Waals surface area contributed by atoms with Gasteiger partial charge in [-0.05, 0) is 26.0 Å². The second-order valence-electron chi connectivity index (χ2n) is 5.00. The maximum Gasteiger partial charge on any atom is 0.123 e. The predicted octanol–water partition coefficient (Wildman–Crippen LogP) is 5.72. The smallest absolute Gasteiger partial charge is 0.123 e. The molecule has 0 bridgehead atoms. The van der Waals surface area contributed by atoms with Crippen LogP contribution in [-0.2, 0) is 5.75 Å². The van der Waals surface area contributed by atoms with E-state index in [4.69, 9.17) is 4.98 Å². The summed E-state index contributed by atoms with van der Waals surface area (Å²) in [4.78, 5) is 7.39. The van der Waals surface area contributed by atoms with Crippen LogP contribution in [0.3, 0.4) is 0 Å². The molecule has 1 nitrogen and oxygen atoms in total. The van der Waals surface area contributed by atoms with Gasteiger partial charge in [-0.15, -0.1) is 23.1 Å². The van der Waals surface area contributed by atoms with Gasteiger partial charge < -0.3 is 0 Å². The lowest BCUT2D eigenvalue weighted by Gasteiger charge is -2.01. The maximum absolute atomic E-state index is 4.71. The van der Waals surface area contributed by atoms with E-state index in [1.54, 1.807) is 11.3 Å². The Hall–Kier alpha value is -1.58. The molecule has 0 aliphatic carbocycles.